The molecule has 0 unspecified atom stereocenters. The molecule has 2 atom stereocenters. The number of primary amides is 1. The second-order valence-electron chi connectivity index (χ2n) is 10.00. The van der Waals surface area contributed by atoms with E-state index >= 15 is 0 Å². The molecule has 0 bridgehead atoms. The number of carbonyl (C=O) groups excluding carboxylic acids is 3. The monoisotopic (exact) mass is 601 g/mol. The zero-order valence-corrected chi connectivity index (χ0v) is 24.2. The number of hydrogen-bond acceptors (Lipinski definition) is 10. The van der Waals surface area contributed by atoms with Gasteiger partial charge in [-0.15, -0.1) is 0 Å². The van der Waals surface area contributed by atoms with Gasteiger partial charge in [0.1, 0.15) is 25.0 Å². The van der Waals surface area contributed by atoms with E-state index in [-0.39, 0.29) is 30.1 Å². The molecule has 13 nitrogen and oxygen atoms in total. The van der Waals surface area contributed by atoms with Crippen LogP contribution in [0.15, 0.2) is 48.5 Å². The molecule has 4 rings (SSSR count). The number of non-ortho nitro benzene ring substituents is 1. The first-order valence-corrected chi connectivity index (χ1v) is 14.6. The molecular formula is C28H35N5O8S. The summed E-state index contributed by atoms with van der Waals surface area (Å²) in [6.07, 6.45) is -0.912. The molecule has 0 radical (unpaired) electrons. The Morgan fingerprint density at radius 3 is 2.29 bits per heavy atom. The van der Waals surface area contributed by atoms with Crippen molar-refractivity contribution in [3.63, 3.8) is 0 Å². The number of carbonyl (C=O) groups is 3. The lowest BCUT2D eigenvalue weighted by Crippen LogP contribution is -2.54. The van der Waals surface area contributed by atoms with Crippen molar-refractivity contribution >= 4 is 35.5 Å². The number of nitro benzene ring substituents is 1. The second-order valence-corrected chi connectivity index (χ2v) is 11.3. The maximum absolute atomic E-state index is 13.7. The molecule has 2 N–H and O–H groups in total. The predicted molar refractivity (Wildman–Crippen MR) is 155 cm³/mol. The molecule has 0 saturated carbocycles. The van der Waals surface area contributed by atoms with Crippen molar-refractivity contribution in [3.05, 3.63) is 69.8 Å². The van der Waals surface area contributed by atoms with E-state index in [1.54, 1.807) is 35.9 Å². The Labute approximate surface area is 248 Å². The molecule has 3 amide bonds. The third-order valence-electron chi connectivity index (χ3n) is 7.27. The van der Waals surface area contributed by atoms with Crippen molar-refractivity contribution in [2.75, 3.05) is 53.0 Å². The van der Waals surface area contributed by atoms with Gasteiger partial charge in [-0.1, -0.05) is 12.1 Å². The average molecular weight is 602 g/mol. The number of likely N-dealkylation sites (tertiary alicyclic amines) is 1. The van der Waals surface area contributed by atoms with E-state index in [9.17, 15) is 24.5 Å². The first-order chi connectivity index (χ1) is 20.2. The molecule has 42 heavy (non-hydrogen) atoms. The summed E-state index contributed by atoms with van der Waals surface area (Å²) in [5.74, 6) is 1.37. The van der Waals surface area contributed by atoms with Gasteiger partial charge in [0.25, 0.3) is 5.69 Å². The Bertz CT molecular complexity index is 1240. The number of methoxy groups -OCH3 is 1. The van der Waals surface area contributed by atoms with Gasteiger partial charge in [0, 0.05) is 62.4 Å². The summed E-state index contributed by atoms with van der Waals surface area (Å²) >= 11 is 1.69. The molecule has 14 heteroatoms. The van der Waals surface area contributed by atoms with Crippen LogP contribution in [0.1, 0.15) is 17.5 Å². The van der Waals surface area contributed by atoms with Crippen molar-refractivity contribution in [1.29, 1.82) is 0 Å². The highest BCUT2D eigenvalue weighted by Crippen LogP contribution is 2.32. The van der Waals surface area contributed by atoms with Gasteiger partial charge in [0.2, 0.25) is 5.91 Å². The minimum Gasteiger partial charge on any atom is -0.497 e. The van der Waals surface area contributed by atoms with Gasteiger partial charge in [-0.3, -0.25) is 24.7 Å². The minimum atomic E-state index is -0.815. The first-order valence-electron chi connectivity index (χ1n) is 13.6. The lowest BCUT2D eigenvalue weighted by atomic mass is 10.1. The highest BCUT2D eigenvalue weighted by Gasteiger charge is 2.42. The summed E-state index contributed by atoms with van der Waals surface area (Å²) < 4.78 is 15.6. The van der Waals surface area contributed by atoms with Crippen molar-refractivity contribution < 1.29 is 33.5 Å². The van der Waals surface area contributed by atoms with Crippen LogP contribution in [0.3, 0.4) is 0 Å². The van der Waals surface area contributed by atoms with Crippen molar-refractivity contribution in [3.8, 4) is 5.75 Å². The summed E-state index contributed by atoms with van der Waals surface area (Å²) in [7, 11) is 1.62. The number of hydrogen-bond donors (Lipinski definition) is 1. The number of rotatable bonds is 11. The van der Waals surface area contributed by atoms with E-state index < -0.39 is 23.2 Å². The van der Waals surface area contributed by atoms with Crippen LogP contribution in [0.5, 0.6) is 5.75 Å². The highest BCUT2D eigenvalue weighted by molar-refractivity contribution is 7.99. The number of nitrogens with zero attached hydrogens (tertiary/aromatic N) is 4. The van der Waals surface area contributed by atoms with Crippen LogP contribution in [0.2, 0.25) is 0 Å². The molecule has 2 aliphatic rings. The average Bonchev–Trinajstić information content (AvgIpc) is 3.43. The number of amides is 3. The van der Waals surface area contributed by atoms with Gasteiger partial charge < -0.3 is 24.8 Å². The van der Waals surface area contributed by atoms with Gasteiger partial charge in [0.05, 0.1) is 12.0 Å². The normalized spacial score (nSPS) is 18.9. The van der Waals surface area contributed by atoms with Gasteiger partial charge in [0.15, 0.2) is 0 Å². The van der Waals surface area contributed by atoms with Crippen LogP contribution in [0.4, 0.5) is 15.3 Å². The summed E-state index contributed by atoms with van der Waals surface area (Å²) in [6.45, 7) is 3.21. The van der Waals surface area contributed by atoms with Crippen molar-refractivity contribution in [2.24, 2.45) is 5.73 Å². The van der Waals surface area contributed by atoms with Crippen molar-refractivity contribution in [2.45, 2.75) is 30.1 Å². The summed E-state index contributed by atoms with van der Waals surface area (Å²) in [4.78, 5) is 53.5. The Kier molecular flexibility index (Phi) is 10.8. The SMILES string of the molecule is COc1ccc(CS[C@H]2C[C@@H](C(=O)N3CCN(CCOC(N)=O)CC3)N(C(=O)OCc3ccc([N+](=O)[O-])cc3)C2)cc1. The van der Waals surface area contributed by atoms with Gasteiger partial charge in [-0.2, -0.15) is 11.8 Å². The van der Waals surface area contributed by atoms with Gasteiger partial charge >= 0.3 is 12.2 Å². The van der Waals surface area contributed by atoms with Crippen LogP contribution in [0.25, 0.3) is 0 Å². The van der Waals surface area contributed by atoms with Crippen LogP contribution in [-0.4, -0.2) is 102 Å². The minimum absolute atomic E-state index is 0.0280. The molecule has 0 aliphatic carbocycles. The Morgan fingerprint density at radius 1 is 1.00 bits per heavy atom. The molecule has 2 heterocycles. The molecule has 0 aromatic heterocycles. The molecule has 2 aromatic carbocycles. The lowest BCUT2D eigenvalue weighted by Gasteiger charge is -2.37. The largest absolute Gasteiger partial charge is 0.497 e. The predicted octanol–water partition coefficient (Wildman–Crippen LogP) is 2.86. The number of ether oxygens (including phenoxy) is 3. The quantitative estimate of drug-likeness (QED) is 0.300. The molecular weight excluding hydrogens is 566 g/mol. The standard InChI is InChI=1S/C28H35N5O8S/c1-39-23-8-4-21(5-9-23)19-42-24-16-25(26(34)31-12-10-30(11-13-31)14-15-40-27(29)35)32(17-24)28(36)41-18-20-2-6-22(7-3-20)33(37)38/h2-9,24-25H,10-19H2,1H3,(H2,29,35)/t24-,25-/m0/s1. The lowest BCUT2D eigenvalue weighted by molar-refractivity contribution is -0.384. The van der Waals surface area contributed by atoms with Crippen LogP contribution in [0, 0.1) is 10.1 Å². The third-order valence-corrected chi connectivity index (χ3v) is 8.59. The van der Waals surface area contributed by atoms with E-state index in [1.165, 1.54) is 17.0 Å². The smallest absolute Gasteiger partial charge is 0.410 e. The highest BCUT2D eigenvalue weighted by atomic mass is 32.2. The zero-order chi connectivity index (χ0) is 30.1. The van der Waals surface area contributed by atoms with Crippen LogP contribution < -0.4 is 10.5 Å². The number of nitrogens with two attached hydrogens (primary N) is 1. The van der Waals surface area contributed by atoms with Gasteiger partial charge in [-0.05, 0) is 41.8 Å². The van der Waals surface area contributed by atoms with Crippen LogP contribution >= 0.6 is 11.8 Å². The molecule has 2 saturated heterocycles. The topological polar surface area (TPSA) is 158 Å². The van der Waals surface area contributed by atoms with Gasteiger partial charge in [-0.25, -0.2) is 9.59 Å². The number of nitro groups is 1. The Balaban J connectivity index is 1.37. The summed E-state index contributed by atoms with van der Waals surface area (Å²) in [6, 6.07) is 12.9. The van der Waals surface area contributed by atoms with Crippen molar-refractivity contribution in [1.82, 2.24) is 14.7 Å². The molecule has 226 valence electrons. The van der Waals surface area contributed by atoms with E-state index in [0.717, 1.165) is 11.3 Å². The Hall–Kier alpha value is -4.04. The fourth-order valence-electron chi connectivity index (χ4n) is 4.91. The van der Waals surface area contributed by atoms with E-state index in [1.807, 2.05) is 24.3 Å². The maximum Gasteiger partial charge on any atom is 0.410 e. The third kappa shape index (κ3) is 8.49. The summed E-state index contributed by atoms with van der Waals surface area (Å²) in [5.41, 5.74) is 6.69. The first kappa shape index (κ1) is 30.9. The summed E-state index contributed by atoms with van der Waals surface area (Å²) in [5, 5.41) is 10.9. The second kappa shape index (κ2) is 14.7. The number of piperazine rings is 1. The molecule has 2 aliphatic heterocycles. The van der Waals surface area contributed by atoms with E-state index in [0.29, 0.717) is 57.0 Å². The number of thioether (sulfide) groups is 1. The van der Waals surface area contributed by atoms with E-state index in [4.69, 9.17) is 19.9 Å². The fraction of sp³-hybridized carbons (Fsp3) is 0.464. The van der Waals surface area contributed by atoms with E-state index in [2.05, 4.69) is 4.90 Å². The number of benzene rings is 2. The molecule has 2 fully saturated rings. The van der Waals surface area contributed by atoms with Crippen LogP contribution in [-0.2, 0) is 26.6 Å². The molecule has 0 spiro atoms. The molecule has 2 aromatic rings. The fourth-order valence-corrected chi connectivity index (χ4v) is 6.11. The maximum atomic E-state index is 13.7. The zero-order valence-electron chi connectivity index (χ0n) is 23.4. The Morgan fingerprint density at radius 2 is 1.67 bits per heavy atom.